The highest BCUT2D eigenvalue weighted by atomic mass is 35.5. The summed E-state index contributed by atoms with van der Waals surface area (Å²) in [5, 5.41) is 13.3. The Hall–Kier alpha value is -1.69. The van der Waals surface area contributed by atoms with E-state index >= 15 is 0 Å². The second-order valence-corrected chi connectivity index (χ2v) is 5.78. The van der Waals surface area contributed by atoms with Crippen LogP contribution in [0, 0.1) is 5.82 Å². The Morgan fingerprint density at radius 2 is 1.77 bits per heavy atom. The molecule has 0 radical (unpaired) electrons. The maximum absolute atomic E-state index is 13.8. The molecule has 0 spiro atoms. The van der Waals surface area contributed by atoms with Gasteiger partial charge in [-0.2, -0.15) is 4.80 Å². The molecule has 0 saturated heterocycles. The lowest BCUT2D eigenvalue weighted by atomic mass is 10.2. The number of benzene rings is 2. The Balaban J connectivity index is 1.91. The van der Waals surface area contributed by atoms with Crippen molar-refractivity contribution in [1.29, 1.82) is 0 Å². The molecule has 0 aliphatic rings. The van der Waals surface area contributed by atoms with Crippen LogP contribution in [0.3, 0.4) is 0 Å². The second kappa shape index (κ2) is 6.20. The Morgan fingerprint density at radius 1 is 1.05 bits per heavy atom. The van der Waals surface area contributed by atoms with Crippen LogP contribution in [0.15, 0.2) is 36.4 Å². The minimum atomic E-state index is -0.419. The molecule has 0 aliphatic heterocycles. The fourth-order valence-electron chi connectivity index (χ4n) is 1.93. The molecule has 8 heteroatoms. The molecule has 0 unspecified atom stereocenters. The smallest absolute Gasteiger partial charge is 0.205 e. The number of rotatable bonds is 3. The van der Waals surface area contributed by atoms with Crippen LogP contribution in [0.5, 0.6) is 0 Å². The molecule has 0 atom stereocenters. The third kappa shape index (κ3) is 3.21. The van der Waals surface area contributed by atoms with Crippen molar-refractivity contribution in [3.05, 3.63) is 62.8 Å². The zero-order valence-corrected chi connectivity index (χ0v) is 13.2. The molecule has 1 aromatic heterocycles. The maximum Gasteiger partial charge on any atom is 0.205 e. The number of halogens is 4. The first-order valence-electron chi connectivity index (χ1n) is 6.20. The van der Waals surface area contributed by atoms with E-state index in [1.807, 2.05) is 0 Å². The van der Waals surface area contributed by atoms with Crippen LogP contribution in [-0.4, -0.2) is 20.2 Å². The monoisotopic (exact) mass is 356 g/mol. The predicted octanol–water partition coefficient (Wildman–Crippen LogP) is 4.49. The summed E-state index contributed by atoms with van der Waals surface area (Å²) in [5.41, 5.74) is 0.931. The number of tetrazole rings is 1. The summed E-state index contributed by atoms with van der Waals surface area (Å²) in [4.78, 5) is 1.26. The molecule has 1 heterocycles. The normalized spacial score (nSPS) is 10.9. The van der Waals surface area contributed by atoms with Gasteiger partial charge in [-0.3, -0.25) is 0 Å². The topological polar surface area (TPSA) is 43.6 Å². The van der Waals surface area contributed by atoms with Crippen molar-refractivity contribution in [2.45, 2.75) is 6.54 Å². The SMILES string of the molecule is Fc1cccc(Cl)c1Cn1nnc(-c2cc(Cl)cc(Cl)c2)n1. The quantitative estimate of drug-likeness (QED) is 0.694. The van der Waals surface area contributed by atoms with E-state index in [0.717, 1.165) is 0 Å². The third-order valence-corrected chi connectivity index (χ3v) is 3.73. The van der Waals surface area contributed by atoms with Crippen molar-refractivity contribution in [3.63, 3.8) is 0 Å². The number of hydrogen-bond acceptors (Lipinski definition) is 3. The summed E-state index contributed by atoms with van der Waals surface area (Å²) in [5.74, 6) is -0.0750. The van der Waals surface area contributed by atoms with Gasteiger partial charge in [0, 0.05) is 26.2 Å². The summed E-state index contributed by atoms with van der Waals surface area (Å²) >= 11 is 17.9. The van der Waals surface area contributed by atoms with Crippen molar-refractivity contribution < 1.29 is 4.39 Å². The van der Waals surface area contributed by atoms with Crippen LogP contribution in [0.4, 0.5) is 4.39 Å². The highest BCUT2D eigenvalue weighted by Crippen LogP contribution is 2.25. The van der Waals surface area contributed by atoms with Gasteiger partial charge in [0.25, 0.3) is 0 Å². The van der Waals surface area contributed by atoms with Crippen LogP contribution in [-0.2, 0) is 6.54 Å². The van der Waals surface area contributed by atoms with Gasteiger partial charge in [0.1, 0.15) is 5.82 Å². The van der Waals surface area contributed by atoms with Crippen LogP contribution >= 0.6 is 34.8 Å². The minimum absolute atomic E-state index is 0.0762. The summed E-state index contributed by atoms with van der Waals surface area (Å²) in [6.45, 7) is 0.0762. The predicted molar refractivity (Wildman–Crippen MR) is 83.8 cm³/mol. The Bertz CT molecular complexity index is 794. The van der Waals surface area contributed by atoms with Crippen LogP contribution in [0.1, 0.15) is 5.56 Å². The Kier molecular flexibility index (Phi) is 4.29. The fourth-order valence-corrected chi connectivity index (χ4v) is 2.68. The fraction of sp³-hybridized carbons (Fsp3) is 0.0714. The molecule has 0 fully saturated rings. The molecule has 4 nitrogen and oxygen atoms in total. The Morgan fingerprint density at radius 3 is 2.45 bits per heavy atom. The van der Waals surface area contributed by atoms with E-state index in [2.05, 4.69) is 15.4 Å². The van der Waals surface area contributed by atoms with Gasteiger partial charge >= 0.3 is 0 Å². The van der Waals surface area contributed by atoms with Crippen LogP contribution in [0.25, 0.3) is 11.4 Å². The van der Waals surface area contributed by atoms with Gasteiger partial charge in [-0.25, -0.2) is 4.39 Å². The van der Waals surface area contributed by atoms with Crippen molar-refractivity contribution in [2.75, 3.05) is 0 Å². The number of aromatic nitrogens is 4. The minimum Gasteiger partial charge on any atom is -0.207 e. The third-order valence-electron chi connectivity index (χ3n) is 2.93. The van der Waals surface area contributed by atoms with Crippen LogP contribution in [0.2, 0.25) is 15.1 Å². The van der Waals surface area contributed by atoms with E-state index in [9.17, 15) is 4.39 Å². The van der Waals surface area contributed by atoms with Crippen molar-refractivity contribution in [3.8, 4) is 11.4 Å². The van der Waals surface area contributed by atoms with Crippen molar-refractivity contribution in [1.82, 2.24) is 20.2 Å². The first kappa shape index (κ1) is 15.2. The van der Waals surface area contributed by atoms with Crippen molar-refractivity contribution in [2.24, 2.45) is 0 Å². The molecular weight excluding hydrogens is 350 g/mol. The molecule has 0 bridgehead atoms. The zero-order chi connectivity index (χ0) is 15.7. The number of nitrogens with zero attached hydrogens (tertiary/aromatic N) is 4. The molecule has 0 aliphatic carbocycles. The van der Waals surface area contributed by atoms with Gasteiger partial charge in [0.05, 0.1) is 6.54 Å². The first-order valence-corrected chi connectivity index (χ1v) is 7.33. The lowest BCUT2D eigenvalue weighted by Crippen LogP contribution is -2.06. The standard InChI is InChI=1S/C14H8Cl3FN4/c15-9-4-8(5-10(16)6-9)14-19-21-22(20-14)7-11-12(17)2-1-3-13(11)18/h1-6H,7H2. The molecule has 0 N–H and O–H groups in total. The lowest BCUT2D eigenvalue weighted by molar-refractivity contribution is 0.539. The largest absolute Gasteiger partial charge is 0.207 e. The number of hydrogen-bond donors (Lipinski definition) is 0. The van der Waals surface area contributed by atoms with E-state index < -0.39 is 5.82 Å². The van der Waals surface area contributed by atoms with E-state index in [-0.39, 0.29) is 6.54 Å². The summed E-state index contributed by atoms with van der Waals surface area (Å²) in [6.07, 6.45) is 0. The van der Waals surface area contributed by atoms with Gasteiger partial charge in [-0.1, -0.05) is 40.9 Å². The zero-order valence-electron chi connectivity index (χ0n) is 11.0. The highest BCUT2D eigenvalue weighted by Gasteiger charge is 2.12. The summed E-state index contributed by atoms with van der Waals surface area (Å²) < 4.78 is 13.8. The lowest BCUT2D eigenvalue weighted by Gasteiger charge is -2.03. The molecule has 22 heavy (non-hydrogen) atoms. The Labute approximate surface area is 140 Å². The van der Waals surface area contributed by atoms with E-state index in [1.54, 1.807) is 24.3 Å². The van der Waals surface area contributed by atoms with Gasteiger partial charge in [-0.15, -0.1) is 10.2 Å². The van der Waals surface area contributed by atoms with E-state index in [1.165, 1.54) is 16.9 Å². The average molecular weight is 358 g/mol. The summed E-state index contributed by atoms with van der Waals surface area (Å²) in [6, 6.07) is 9.42. The van der Waals surface area contributed by atoms with Gasteiger partial charge in [0.2, 0.25) is 5.82 Å². The van der Waals surface area contributed by atoms with E-state index in [0.29, 0.717) is 32.0 Å². The maximum atomic E-state index is 13.8. The van der Waals surface area contributed by atoms with Gasteiger partial charge in [0.15, 0.2) is 0 Å². The summed E-state index contributed by atoms with van der Waals surface area (Å²) in [7, 11) is 0. The molecule has 2 aromatic carbocycles. The van der Waals surface area contributed by atoms with E-state index in [4.69, 9.17) is 34.8 Å². The molecular formula is C14H8Cl3FN4. The molecule has 3 aromatic rings. The molecule has 3 rings (SSSR count). The van der Waals surface area contributed by atoms with Crippen molar-refractivity contribution >= 4 is 34.8 Å². The highest BCUT2D eigenvalue weighted by molar-refractivity contribution is 6.35. The average Bonchev–Trinajstić information content (AvgIpc) is 2.91. The molecule has 112 valence electrons. The first-order chi connectivity index (χ1) is 10.5. The van der Waals surface area contributed by atoms with Gasteiger partial charge < -0.3 is 0 Å². The molecule has 0 saturated carbocycles. The second-order valence-electron chi connectivity index (χ2n) is 4.50. The van der Waals surface area contributed by atoms with Gasteiger partial charge in [-0.05, 0) is 35.5 Å². The molecule has 0 amide bonds. The van der Waals surface area contributed by atoms with Crippen LogP contribution < -0.4 is 0 Å².